The van der Waals surface area contributed by atoms with Crippen molar-refractivity contribution in [1.82, 2.24) is 9.88 Å². The summed E-state index contributed by atoms with van der Waals surface area (Å²) in [6.45, 7) is 5.79. The van der Waals surface area contributed by atoms with Crippen molar-refractivity contribution in [3.05, 3.63) is 59.5 Å². The first-order valence-corrected chi connectivity index (χ1v) is 7.57. The number of amides is 1. The maximum absolute atomic E-state index is 13.4. The topological polar surface area (TPSA) is 47.2 Å². The van der Waals surface area contributed by atoms with Crippen molar-refractivity contribution in [2.75, 3.05) is 0 Å². The van der Waals surface area contributed by atoms with Crippen LogP contribution in [0.1, 0.15) is 36.8 Å². The molecule has 0 bridgehead atoms. The first kappa shape index (κ1) is 16.2. The number of nitrogens with one attached hydrogen (secondary N) is 1. The summed E-state index contributed by atoms with van der Waals surface area (Å²) >= 11 is 0. The molecule has 0 radical (unpaired) electrons. The Balaban J connectivity index is 2.03. The van der Waals surface area contributed by atoms with Gasteiger partial charge in [-0.25, -0.2) is 8.78 Å². The molecule has 1 amide bonds. The van der Waals surface area contributed by atoms with Crippen molar-refractivity contribution in [1.29, 1.82) is 0 Å². The third-order valence-corrected chi connectivity index (χ3v) is 3.51. The maximum atomic E-state index is 13.4. The van der Waals surface area contributed by atoms with Crippen LogP contribution in [0.3, 0.4) is 0 Å². The summed E-state index contributed by atoms with van der Waals surface area (Å²) in [5.41, 5.74) is 1.64. The fourth-order valence-corrected chi connectivity index (χ4v) is 2.62. The van der Waals surface area contributed by atoms with Crippen LogP contribution in [-0.2, 0) is 6.54 Å². The molecule has 0 fully saturated rings. The van der Waals surface area contributed by atoms with E-state index >= 15 is 0 Å². The highest BCUT2D eigenvalue weighted by atomic mass is 19.1. The number of halogens is 2. The zero-order chi connectivity index (χ0) is 17.5. The molecule has 0 atom stereocenters. The van der Waals surface area contributed by atoms with Crippen LogP contribution in [0.15, 0.2) is 41.0 Å². The molecule has 126 valence electrons. The number of carbonyl (C=O) groups excluding carboxylic acids is 1. The number of rotatable bonds is 3. The van der Waals surface area contributed by atoms with Gasteiger partial charge in [-0.1, -0.05) is 0 Å². The van der Waals surface area contributed by atoms with Crippen LogP contribution < -0.4 is 5.32 Å². The van der Waals surface area contributed by atoms with Gasteiger partial charge in [0, 0.05) is 30.3 Å². The molecule has 1 N–H and O–H groups in total. The Morgan fingerprint density at radius 3 is 2.46 bits per heavy atom. The Morgan fingerprint density at radius 2 is 1.83 bits per heavy atom. The van der Waals surface area contributed by atoms with Crippen LogP contribution in [0.4, 0.5) is 8.78 Å². The van der Waals surface area contributed by atoms with Gasteiger partial charge in [0.1, 0.15) is 17.3 Å². The van der Waals surface area contributed by atoms with E-state index in [2.05, 4.69) is 5.32 Å². The van der Waals surface area contributed by atoms with E-state index in [1.54, 1.807) is 16.7 Å². The second-order valence-electron chi connectivity index (χ2n) is 6.77. The second kappa shape index (κ2) is 5.78. The zero-order valence-corrected chi connectivity index (χ0v) is 13.7. The van der Waals surface area contributed by atoms with Crippen LogP contribution in [0.5, 0.6) is 0 Å². The Bertz CT molecular complexity index is 883. The summed E-state index contributed by atoms with van der Waals surface area (Å²) in [7, 11) is 0. The lowest BCUT2D eigenvalue weighted by atomic mass is 10.1. The molecule has 3 rings (SSSR count). The normalized spacial score (nSPS) is 11.9. The number of nitrogens with zero attached hydrogens (tertiary/aromatic N) is 1. The zero-order valence-electron chi connectivity index (χ0n) is 13.7. The first-order valence-electron chi connectivity index (χ1n) is 7.57. The number of benzene rings is 1. The number of carbonyl (C=O) groups is 1. The van der Waals surface area contributed by atoms with E-state index in [1.807, 2.05) is 20.8 Å². The predicted molar refractivity (Wildman–Crippen MR) is 86.9 cm³/mol. The molecule has 0 unspecified atom stereocenters. The quantitative estimate of drug-likeness (QED) is 0.785. The Hall–Kier alpha value is -2.63. The van der Waals surface area contributed by atoms with Crippen molar-refractivity contribution in [2.45, 2.75) is 32.9 Å². The van der Waals surface area contributed by atoms with Crippen molar-refractivity contribution in [2.24, 2.45) is 0 Å². The molecule has 0 saturated heterocycles. The van der Waals surface area contributed by atoms with Crippen LogP contribution in [0.25, 0.3) is 11.1 Å². The number of fused-ring (bicyclic) bond motifs is 1. The van der Waals surface area contributed by atoms with Gasteiger partial charge in [0.15, 0.2) is 5.58 Å². The highest BCUT2D eigenvalue weighted by Crippen LogP contribution is 2.23. The van der Waals surface area contributed by atoms with Gasteiger partial charge in [-0.15, -0.1) is 0 Å². The molecular weight excluding hydrogens is 314 g/mol. The minimum atomic E-state index is -0.652. The molecule has 2 aromatic heterocycles. The number of aromatic nitrogens is 1. The third kappa shape index (κ3) is 3.32. The van der Waals surface area contributed by atoms with E-state index in [9.17, 15) is 13.6 Å². The van der Waals surface area contributed by atoms with Crippen LogP contribution in [0.2, 0.25) is 0 Å². The molecule has 6 heteroatoms. The summed E-state index contributed by atoms with van der Waals surface area (Å²) in [6, 6.07) is 6.67. The molecule has 0 aliphatic rings. The highest BCUT2D eigenvalue weighted by Gasteiger charge is 2.21. The minimum absolute atomic E-state index is 0.157. The first-order chi connectivity index (χ1) is 11.2. The Morgan fingerprint density at radius 1 is 1.17 bits per heavy atom. The Kier molecular flexibility index (Phi) is 3.91. The van der Waals surface area contributed by atoms with Gasteiger partial charge in [-0.2, -0.15) is 0 Å². The highest BCUT2D eigenvalue weighted by molar-refractivity contribution is 5.97. The minimum Gasteiger partial charge on any atom is -0.463 e. The molecule has 0 spiro atoms. The average molecular weight is 332 g/mol. The third-order valence-electron chi connectivity index (χ3n) is 3.51. The van der Waals surface area contributed by atoms with E-state index in [4.69, 9.17) is 4.42 Å². The molecular formula is C18H18F2N2O2. The summed E-state index contributed by atoms with van der Waals surface area (Å²) in [5, 5.41) is 2.89. The van der Waals surface area contributed by atoms with E-state index in [-0.39, 0.29) is 12.5 Å². The number of hydrogen-bond acceptors (Lipinski definition) is 2. The molecule has 4 nitrogen and oxygen atoms in total. The van der Waals surface area contributed by atoms with Crippen molar-refractivity contribution < 1.29 is 18.0 Å². The maximum Gasteiger partial charge on any atom is 0.268 e. The molecule has 0 aliphatic heterocycles. The second-order valence-corrected chi connectivity index (χ2v) is 6.77. The van der Waals surface area contributed by atoms with Crippen molar-refractivity contribution >= 4 is 17.0 Å². The standard InChI is InChI=1S/C18H18F2N2O2/c1-18(2,3)21-17(23)15-9-16-14(4-5-24-16)22(15)10-11-6-12(19)8-13(20)7-11/h4-9H,10H2,1-3H3,(H,21,23). The summed E-state index contributed by atoms with van der Waals surface area (Å²) in [6.07, 6.45) is 1.51. The predicted octanol–water partition coefficient (Wildman–Crippen LogP) is 4.09. The van der Waals surface area contributed by atoms with Crippen LogP contribution in [-0.4, -0.2) is 16.0 Å². The van der Waals surface area contributed by atoms with Gasteiger partial charge in [0.05, 0.1) is 11.8 Å². The number of furan rings is 1. The van der Waals surface area contributed by atoms with E-state index in [0.717, 1.165) is 6.07 Å². The summed E-state index contributed by atoms with van der Waals surface area (Å²) in [5.74, 6) is -1.58. The van der Waals surface area contributed by atoms with Gasteiger partial charge in [-0.05, 0) is 38.5 Å². The smallest absolute Gasteiger partial charge is 0.268 e. The lowest BCUT2D eigenvalue weighted by Gasteiger charge is -2.21. The Labute approximate surface area is 138 Å². The fourth-order valence-electron chi connectivity index (χ4n) is 2.62. The molecule has 0 aliphatic carbocycles. The van der Waals surface area contributed by atoms with Crippen molar-refractivity contribution in [3.63, 3.8) is 0 Å². The summed E-state index contributed by atoms with van der Waals surface area (Å²) < 4.78 is 33.9. The monoisotopic (exact) mass is 332 g/mol. The van der Waals surface area contributed by atoms with Gasteiger partial charge in [0.25, 0.3) is 5.91 Å². The summed E-state index contributed by atoms with van der Waals surface area (Å²) in [4.78, 5) is 12.6. The van der Waals surface area contributed by atoms with Gasteiger partial charge in [-0.3, -0.25) is 4.79 Å². The lowest BCUT2D eigenvalue weighted by Crippen LogP contribution is -2.41. The molecule has 3 aromatic rings. The SMILES string of the molecule is CC(C)(C)NC(=O)c1cc2occc2n1Cc1cc(F)cc(F)c1. The van der Waals surface area contributed by atoms with E-state index in [1.165, 1.54) is 18.4 Å². The molecule has 2 heterocycles. The fraction of sp³-hybridized carbons (Fsp3) is 0.278. The van der Waals surface area contributed by atoms with Gasteiger partial charge in [0.2, 0.25) is 0 Å². The van der Waals surface area contributed by atoms with Crippen LogP contribution in [0, 0.1) is 11.6 Å². The lowest BCUT2D eigenvalue weighted by molar-refractivity contribution is 0.0911. The molecule has 0 saturated carbocycles. The van der Waals surface area contributed by atoms with Crippen molar-refractivity contribution in [3.8, 4) is 0 Å². The average Bonchev–Trinajstić information content (AvgIpc) is 2.98. The van der Waals surface area contributed by atoms with E-state index in [0.29, 0.717) is 22.4 Å². The van der Waals surface area contributed by atoms with E-state index < -0.39 is 17.2 Å². The largest absolute Gasteiger partial charge is 0.463 e. The van der Waals surface area contributed by atoms with Gasteiger partial charge < -0.3 is 14.3 Å². The van der Waals surface area contributed by atoms with Gasteiger partial charge >= 0.3 is 0 Å². The molecule has 24 heavy (non-hydrogen) atoms. The van der Waals surface area contributed by atoms with Crippen LogP contribution >= 0.6 is 0 Å². The molecule has 1 aromatic carbocycles. The number of hydrogen-bond donors (Lipinski definition) is 1.